The van der Waals surface area contributed by atoms with E-state index >= 15 is 0 Å². The molecule has 0 rings (SSSR count). The van der Waals surface area contributed by atoms with Gasteiger partial charge >= 0.3 is 5.97 Å². The second-order valence-electron chi connectivity index (χ2n) is 3.79. The van der Waals surface area contributed by atoms with Gasteiger partial charge in [0.15, 0.2) is 0 Å². The van der Waals surface area contributed by atoms with E-state index in [9.17, 15) is 9.59 Å². The molecule has 0 spiro atoms. The number of hydrogen-bond donors (Lipinski definition) is 0. The summed E-state index contributed by atoms with van der Waals surface area (Å²) in [5.41, 5.74) is -0.409. The summed E-state index contributed by atoms with van der Waals surface area (Å²) < 4.78 is 5.15. The quantitative estimate of drug-likeness (QED) is 0.617. The minimum atomic E-state index is -0.409. The lowest BCUT2D eigenvalue weighted by Crippen LogP contribution is -2.27. The van der Waals surface area contributed by atoms with E-state index in [0.717, 1.165) is 6.42 Å². The van der Waals surface area contributed by atoms with Gasteiger partial charge in [-0.3, -0.25) is 4.79 Å². The highest BCUT2D eigenvalue weighted by atomic mass is 16.6. The first kappa shape index (κ1) is 12.1. The maximum Gasteiger partial charge on any atom is 0.306 e. The Labute approximate surface area is 79.5 Å². The molecule has 0 heterocycles. The van der Waals surface area contributed by atoms with Gasteiger partial charge in [0.1, 0.15) is 11.4 Å². The standard InChI is InChI=1S/C10H18O3/c1-5-10(3,4)13-9(12)7-6-8(2)11/h5-7H2,1-4H3. The van der Waals surface area contributed by atoms with E-state index in [1.165, 1.54) is 6.92 Å². The summed E-state index contributed by atoms with van der Waals surface area (Å²) in [7, 11) is 0. The van der Waals surface area contributed by atoms with Crippen molar-refractivity contribution in [2.24, 2.45) is 0 Å². The molecule has 0 atom stereocenters. The van der Waals surface area contributed by atoms with Gasteiger partial charge < -0.3 is 9.53 Å². The largest absolute Gasteiger partial charge is 0.460 e. The molecule has 0 aromatic carbocycles. The normalized spacial score (nSPS) is 11.1. The Kier molecular flexibility index (Phi) is 4.67. The maximum atomic E-state index is 11.1. The zero-order chi connectivity index (χ0) is 10.5. The lowest BCUT2D eigenvalue weighted by molar-refractivity contribution is -0.157. The topological polar surface area (TPSA) is 43.4 Å². The second kappa shape index (κ2) is 5.00. The molecule has 0 saturated heterocycles. The molecule has 0 fully saturated rings. The van der Waals surface area contributed by atoms with Crippen LogP contribution in [0.5, 0.6) is 0 Å². The predicted octanol–water partition coefficient (Wildman–Crippen LogP) is 2.09. The first-order valence-corrected chi connectivity index (χ1v) is 4.58. The molecule has 0 saturated carbocycles. The predicted molar refractivity (Wildman–Crippen MR) is 50.4 cm³/mol. The van der Waals surface area contributed by atoms with E-state index in [1.807, 2.05) is 20.8 Å². The lowest BCUT2D eigenvalue weighted by Gasteiger charge is -2.23. The van der Waals surface area contributed by atoms with Crippen molar-refractivity contribution in [3.63, 3.8) is 0 Å². The fraction of sp³-hybridized carbons (Fsp3) is 0.800. The summed E-state index contributed by atoms with van der Waals surface area (Å²) in [6.45, 7) is 7.15. The number of rotatable bonds is 5. The monoisotopic (exact) mass is 186 g/mol. The molecule has 13 heavy (non-hydrogen) atoms. The van der Waals surface area contributed by atoms with Crippen LogP contribution in [0.1, 0.15) is 47.0 Å². The van der Waals surface area contributed by atoms with E-state index in [1.54, 1.807) is 0 Å². The van der Waals surface area contributed by atoms with Gasteiger partial charge in [-0.25, -0.2) is 0 Å². The average molecular weight is 186 g/mol. The number of carbonyl (C=O) groups is 2. The van der Waals surface area contributed by atoms with Crippen molar-refractivity contribution >= 4 is 11.8 Å². The third-order valence-corrected chi connectivity index (χ3v) is 1.92. The van der Waals surface area contributed by atoms with E-state index in [0.29, 0.717) is 0 Å². The van der Waals surface area contributed by atoms with Crippen LogP contribution in [0.2, 0.25) is 0 Å². The molecular weight excluding hydrogens is 168 g/mol. The molecule has 0 aliphatic heterocycles. The fourth-order valence-electron chi connectivity index (χ4n) is 0.709. The van der Waals surface area contributed by atoms with E-state index in [2.05, 4.69) is 0 Å². The first-order chi connectivity index (χ1) is 5.87. The van der Waals surface area contributed by atoms with Crippen molar-refractivity contribution in [3.8, 4) is 0 Å². The molecule has 0 aromatic heterocycles. The van der Waals surface area contributed by atoms with Gasteiger partial charge in [0.25, 0.3) is 0 Å². The second-order valence-corrected chi connectivity index (χ2v) is 3.79. The molecule has 3 nitrogen and oxygen atoms in total. The number of ether oxygens (including phenoxy) is 1. The molecule has 0 bridgehead atoms. The molecule has 0 aromatic rings. The SMILES string of the molecule is CCC(C)(C)OC(=O)CCC(C)=O. The number of Topliss-reactive ketones (excluding diaryl/α,β-unsaturated/α-hetero) is 1. The highest BCUT2D eigenvalue weighted by molar-refractivity contribution is 5.81. The van der Waals surface area contributed by atoms with Gasteiger partial charge in [-0.05, 0) is 27.2 Å². The van der Waals surface area contributed by atoms with Gasteiger partial charge in [0.05, 0.1) is 6.42 Å². The molecular formula is C10H18O3. The van der Waals surface area contributed by atoms with E-state index < -0.39 is 5.60 Å². The molecule has 0 aliphatic carbocycles. The lowest BCUT2D eigenvalue weighted by atomic mass is 10.1. The zero-order valence-electron chi connectivity index (χ0n) is 8.85. The van der Waals surface area contributed by atoms with Crippen LogP contribution in [0, 0.1) is 0 Å². The number of carbonyl (C=O) groups excluding carboxylic acids is 2. The van der Waals surface area contributed by atoms with Gasteiger partial charge in [-0.15, -0.1) is 0 Å². The number of ketones is 1. The average Bonchev–Trinajstić information content (AvgIpc) is 2.00. The smallest absolute Gasteiger partial charge is 0.306 e. The molecule has 3 heteroatoms. The highest BCUT2D eigenvalue weighted by Crippen LogP contribution is 2.14. The minimum absolute atomic E-state index is 0.0197. The molecule has 0 amide bonds. The highest BCUT2D eigenvalue weighted by Gasteiger charge is 2.19. The summed E-state index contributed by atoms with van der Waals surface area (Å²) in [6.07, 6.45) is 1.25. The van der Waals surface area contributed by atoms with E-state index in [-0.39, 0.29) is 24.6 Å². The number of hydrogen-bond acceptors (Lipinski definition) is 3. The third-order valence-electron chi connectivity index (χ3n) is 1.92. The van der Waals surface area contributed by atoms with Crippen LogP contribution in [0.25, 0.3) is 0 Å². The minimum Gasteiger partial charge on any atom is -0.460 e. The van der Waals surface area contributed by atoms with Crippen molar-refractivity contribution in [1.29, 1.82) is 0 Å². The summed E-state index contributed by atoms with van der Waals surface area (Å²) >= 11 is 0. The van der Waals surface area contributed by atoms with Crippen LogP contribution in [-0.4, -0.2) is 17.4 Å². The van der Waals surface area contributed by atoms with Crippen molar-refractivity contribution < 1.29 is 14.3 Å². The molecule has 0 unspecified atom stereocenters. The Balaban J connectivity index is 3.81. The molecule has 0 aliphatic rings. The van der Waals surface area contributed by atoms with Gasteiger partial charge in [0.2, 0.25) is 0 Å². The van der Waals surface area contributed by atoms with Gasteiger partial charge in [0, 0.05) is 6.42 Å². The Morgan fingerprint density at radius 1 is 1.23 bits per heavy atom. The van der Waals surface area contributed by atoms with Crippen LogP contribution >= 0.6 is 0 Å². The van der Waals surface area contributed by atoms with E-state index in [4.69, 9.17) is 4.74 Å². The van der Waals surface area contributed by atoms with Crippen LogP contribution in [0.4, 0.5) is 0 Å². The van der Waals surface area contributed by atoms with Gasteiger partial charge in [-0.2, -0.15) is 0 Å². The molecule has 0 N–H and O–H groups in total. The van der Waals surface area contributed by atoms with Crippen molar-refractivity contribution in [2.75, 3.05) is 0 Å². The first-order valence-electron chi connectivity index (χ1n) is 4.58. The summed E-state index contributed by atoms with van der Waals surface area (Å²) in [6, 6.07) is 0. The Morgan fingerprint density at radius 2 is 1.77 bits per heavy atom. The zero-order valence-corrected chi connectivity index (χ0v) is 8.85. The summed E-state index contributed by atoms with van der Waals surface area (Å²) in [4.78, 5) is 21.7. The maximum absolute atomic E-state index is 11.1. The van der Waals surface area contributed by atoms with Crippen LogP contribution in [0.15, 0.2) is 0 Å². The van der Waals surface area contributed by atoms with Crippen LogP contribution in [-0.2, 0) is 14.3 Å². The van der Waals surface area contributed by atoms with Crippen LogP contribution < -0.4 is 0 Å². The summed E-state index contributed by atoms with van der Waals surface area (Å²) in [5, 5.41) is 0. The molecule has 0 radical (unpaired) electrons. The fourth-order valence-corrected chi connectivity index (χ4v) is 0.709. The van der Waals surface area contributed by atoms with Crippen molar-refractivity contribution in [2.45, 2.75) is 52.6 Å². The third kappa shape index (κ3) is 6.31. The summed E-state index contributed by atoms with van der Waals surface area (Å²) in [5.74, 6) is -0.270. The van der Waals surface area contributed by atoms with Crippen molar-refractivity contribution in [1.82, 2.24) is 0 Å². The molecule has 76 valence electrons. The Morgan fingerprint density at radius 3 is 2.15 bits per heavy atom. The Bertz CT molecular complexity index is 194. The Hall–Kier alpha value is -0.860. The van der Waals surface area contributed by atoms with Crippen LogP contribution in [0.3, 0.4) is 0 Å². The van der Waals surface area contributed by atoms with Crippen molar-refractivity contribution in [3.05, 3.63) is 0 Å². The number of esters is 1. The van der Waals surface area contributed by atoms with Gasteiger partial charge in [-0.1, -0.05) is 6.92 Å².